The maximum Gasteiger partial charge on any atom is 0.331 e. The standard InChI is InChI=1S/C12H26NO5P/c1-11(2,3)17-19(16,18-12(4,5)6)8-7-9(13)10(14)15/h9H,7-8,13H2,1-6H3,(H,14,15). The van der Waals surface area contributed by atoms with Crippen LogP contribution in [0.2, 0.25) is 0 Å². The molecule has 0 aromatic carbocycles. The number of hydrogen-bond acceptors (Lipinski definition) is 5. The minimum Gasteiger partial charge on any atom is -0.480 e. The second-order valence-corrected chi connectivity index (χ2v) is 8.51. The Balaban J connectivity index is 4.87. The maximum absolute atomic E-state index is 12.7. The molecule has 0 heterocycles. The highest BCUT2D eigenvalue weighted by Crippen LogP contribution is 2.54. The third-order valence-corrected chi connectivity index (χ3v) is 4.31. The van der Waals surface area contributed by atoms with E-state index in [-0.39, 0.29) is 12.6 Å². The summed E-state index contributed by atoms with van der Waals surface area (Å²) in [7, 11) is -3.40. The Morgan fingerprint density at radius 3 is 1.79 bits per heavy atom. The molecule has 0 aromatic rings. The van der Waals surface area contributed by atoms with Crippen LogP contribution in [0.1, 0.15) is 48.0 Å². The lowest BCUT2D eigenvalue weighted by Gasteiger charge is -2.32. The van der Waals surface area contributed by atoms with Gasteiger partial charge in [0.25, 0.3) is 0 Å². The van der Waals surface area contributed by atoms with Gasteiger partial charge in [-0.05, 0) is 48.0 Å². The van der Waals surface area contributed by atoms with Crippen molar-refractivity contribution in [3.8, 4) is 0 Å². The van der Waals surface area contributed by atoms with Crippen LogP contribution in [-0.4, -0.2) is 34.5 Å². The summed E-state index contributed by atoms with van der Waals surface area (Å²) in [6, 6.07) is -1.07. The molecule has 0 aromatic heterocycles. The molecule has 0 aliphatic carbocycles. The minimum atomic E-state index is -3.40. The summed E-state index contributed by atoms with van der Waals surface area (Å²) in [5.74, 6) is -1.13. The highest BCUT2D eigenvalue weighted by molar-refractivity contribution is 7.53. The molecule has 0 fully saturated rings. The largest absolute Gasteiger partial charge is 0.480 e. The Hall–Kier alpha value is -0.420. The van der Waals surface area contributed by atoms with Crippen LogP contribution < -0.4 is 5.73 Å². The Kier molecular flexibility index (Phi) is 6.21. The smallest absolute Gasteiger partial charge is 0.331 e. The number of nitrogens with two attached hydrogens (primary N) is 1. The maximum atomic E-state index is 12.7. The average Bonchev–Trinajstić information content (AvgIpc) is 2.07. The SMILES string of the molecule is CC(C)(C)OP(=O)(CCC(N)C(=O)O)OC(C)(C)C. The highest BCUT2D eigenvalue weighted by Gasteiger charge is 2.35. The Labute approximate surface area is 115 Å². The number of carbonyl (C=O) groups is 1. The molecule has 1 unspecified atom stereocenters. The normalized spacial score (nSPS) is 15.3. The van der Waals surface area contributed by atoms with E-state index in [1.165, 1.54) is 0 Å². The van der Waals surface area contributed by atoms with Crippen LogP contribution >= 0.6 is 7.60 Å². The summed E-state index contributed by atoms with van der Waals surface area (Å²) >= 11 is 0. The molecule has 0 rings (SSSR count). The van der Waals surface area contributed by atoms with Gasteiger partial charge < -0.3 is 19.9 Å². The third kappa shape index (κ3) is 9.16. The average molecular weight is 295 g/mol. The van der Waals surface area contributed by atoms with Crippen LogP contribution in [-0.2, 0) is 18.4 Å². The fourth-order valence-electron chi connectivity index (χ4n) is 1.37. The van der Waals surface area contributed by atoms with Gasteiger partial charge in [0, 0.05) is 0 Å². The fraction of sp³-hybridized carbons (Fsp3) is 0.917. The minimum absolute atomic E-state index is 0.0188. The van der Waals surface area contributed by atoms with E-state index in [0.717, 1.165) is 0 Å². The first-order chi connectivity index (χ1) is 8.24. The molecule has 0 saturated heterocycles. The molecule has 0 spiro atoms. The van der Waals surface area contributed by atoms with Gasteiger partial charge >= 0.3 is 13.6 Å². The lowest BCUT2D eigenvalue weighted by Crippen LogP contribution is -2.32. The Morgan fingerprint density at radius 1 is 1.16 bits per heavy atom. The lowest BCUT2D eigenvalue weighted by molar-refractivity contribution is -0.138. The van der Waals surface area contributed by atoms with Crippen molar-refractivity contribution >= 4 is 13.6 Å². The molecule has 6 nitrogen and oxygen atoms in total. The lowest BCUT2D eigenvalue weighted by atomic mass is 10.2. The topological polar surface area (TPSA) is 98.9 Å². The van der Waals surface area contributed by atoms with E-state index >= 15 is 0 Å². The fourth-order valence-corrected chi connectivity index (χ4v) is 3.85. The van der Waals surface area contributed by atoms with E-state index < -0.39 is 30.8 Å². The summed E-state index contributed by atoms with van der Waals surface area (Å²) in [5.41, 5.74) is 4.13. The Bertz CT molecular complexity index is 336. The number of hydrogen-bond donors (Lipinski definition) is 2. The Morgan fingerprint density at radius 2 is 1.53 bits per heavy atom. The molecule has 114 valence electrons. The zero-order chi connectivity index (χ0) is 15.5. The first kappa shape index (κ1) is 18.6. The van der Waals surface area contributed by atoms with Gasteiger partial charge in [-0.15, -0.1) is 0 Å². The summed E-state index contributed by atoms with van der Waals surface area (Å²) in [6.45, 7) is 10.6. The van der Waals surface area contributed by atoms with Crippen molar-refractivity contribution in [2.24, 2.45) is 5.73 Å². The van der Waals surface area contributed by atoms with Crippen LogP contribution in [0.25, 0.3) is 0 Å². The summed E-state index contributed by atoms with van der Waals surface area (Å²) in [6.07, 6.45) is 0.0216. The van der Waals surface area contributed by atoms with Crippen molar-refractivity contribution in [1.29, 1.82) is 0 Å². The molecule has 0 amide bonds. The first-order valence-electron chi connectivity index (χ1n) is 6.23. The van der Waals surface area contributed by atoms with Crippen LogP contribution in [0.15, 0.2) is 0 Å². The zero-order valence-electron chi connectivity index (χ0n) is 12.6. The molecule has 0 saturated carbocycles. The van der Waals surface area contributed by atoms with Crippen LogP contribution in [0.5, 0.6) is 0 Å². The first-order valence-corrected chi connectivity index (χ1v) is 7.96. The van der Waals surface area contributed by atoms with Crippen LogP contribution in [0.3, 0.4) is 0 Å². The molecule has 3 N–H and O–H groups in total. The van der Waals surface area contributed by atoms with Gasteiger partial charge in [-0.25, -0.2) is 0 Å². The van der Waals surface area contributed by atoms with E-state index in [1.54, 1.807) is 41.5 Å². The molecular formula is C12H26NO5P. The van der Waals surface area contributed by atoms with Gasteiger partial charge in [-0.3, -0.25) is 9.36 Å². The summed E-state index contributed by atoms with van der Waals surface area (Å²) < 4.78 is 23.7. The number of carboxylic acids is 1. The van der Waals surface area contributed by atoms with E-state index in [4.69, 9.17) is 19.9 Å². The highest BCUT2D eigenvalue weighted by atomic mass is 31.2. The third-order valence-electron chi connectivity index (χ3n) is 1.86. The van der Waals surface area contributed by atoms with E-state index in [9.17, 15) is 9.36 Å². The van der Waals surface area contributed by atoms with E-state index in [2.05, 4.69) is 0 Å². The number of rotatable bonds is 6. The number of carboxylic acid groups (broad SMARTS) is 1. The van der Waals surface area contributed by atoms with Crippen molar-refractivity contribution in [3.63, 3.8) is 0 Å². The van der Waals surface area contributed by atoms with E-state index in [0.29, 0.717) is 0 Å². The van der Waals surface area contributed by atoms with Crippen molar-refractivity contribution in [3.05, 3.63) is 0 Å². The van der Waals surface area contributed by atoms with Crippen LogP contribution in [0.4, 0.5) is 0 Å². The van der Waals surface area contributed by atoms with Gasteiger partial charge in [0.1, 0.15) is 6.04 Å². The van der Waals surface area contributed by atoms with Crippen molar-refractivity contribution in [2.75, 3.05) is 6.16 Å². The molecule has 1 atom stereocenters. The zero-order valence-corrected chi connectivity index (χ0v) is 13.5. The quantitative estimate of drug-likeness (QED) is 0.731. The molecule has 0 aliphatic heterocycles. The predicted octanol–water partition coefficient (Wildman–Crippen LogP) is 2.61. The summed E-state index contributed by atoms with van der Waals surface area (Å²) in [4.78, 5) is 10.7. The second kappa shape index (κ2) is 6.35. The van der Waals surface area contributed by atoms with Crippen molar-refractivity contribution in [2.45, 2.75) is 65.2 Å². The van der Waals surface area contributed by atoms with Gasteiger partial charge in [-0.1, -0.05) is 0 Å². The van der Waals surface area contributed by atoms with Gasteiger partial charge in [-0.2, -0.15) is 0 Å². The second-order valence-electron chi connectivity index (χ2n) is 6.48. The number of aliphatic carboxylic acids is 1. The van der Waals surface area contributed by atoms with E-state index in [1.807, 2.05) is 0 Å². The molecule has 7 heteroatoms. The van der Waals surface area contributed by atoms with Crippen molar-refractivity contribution < 1.29 is 23.5 Å². The van der Waals surface area contributed by atoms with Crippen molar-refractivity contribution in [1.82, 2.24) is 0 Å². The summed E-state index contributed by atoms with van der Waals surface area (Å²) in [5, 5.41) is 8.75. The van der Waals surface area contributed by atoms with Gasteiger partial charge in [0.2, 0.25) is 0 Å². The molecule has 19 heavy (non-hydrogen) atoms. The molecule has 0 aliphatic rings. The predicted molar refractivity (Wildman–Crippen MR) is 74.4 cm³/mol. The van der Waals surface area contributed by atoms with Crippen LogP contribution in [0, 0.1) is 0 Å². The van der Waals surface area contributed by atoms with Gasteiger partial charge in [0.05, 0.1) is 17.4 Å². The molecule has 0 radical (unpaired) electrons. The monoisotopic (exact) mass is 295 g/mol. The molecule has 0 bridgehead atoms. The van der Waals surface area contributed by atoms with Gasteiger partial charge in [0.15, 0.2) is 0 Å². The molecular weight excluding hydrogens is 269 g/mol.